The van der Waals surface area contributed by atoms with Crippen LogP contribution in [0.1, 0.15) is 29.2 Å². The molecule has 0 fully saturated rings. The number of nitrogens with zero attached hydrogens (tertiary/aromatic N) is 3. The Hall–Kier alpha value is -3.66. The molecule has 0 saturated heterocycles. The normalized spacial score (nSPS) is 13.9. The van der Waals surface area contributed by atoms with E-state index in [4.69, 9.17) is 23.6 Å². The van der Waals surface area contributed by atoms with E-state index < -0.39 is 11.5 Å². The molecule has 0 saturated carbocycles. The first-order valence-electron chi connectivity index (χ1n) is 12.8. The molecule has 0 amide bonds. The third kappa shape index (κ3) is 5.00. The van der Waals surface area contributed by atoms with Crippen molar-refractivity contribution in [2.24, 2.45) is 0 Å². The van der Waals surface area contributed by atoms with Crippen molar-refractivity contribution in [2.45, 2.75) is 17.9 Å². The van der Waals surface area contributed by atoms with E-state index >= 15 is 0 Å². The fourth-order valence-corrected chi connectivity index (χ4v) is 5.74. The molecule has 0 spiro atoms. The lowest BCUT2D eigenvalue weighted by molar-refractivity contribution is -0.0000979. The highest BCUT2D eigenvalue weighted by molar-refractivity contribution is 9.10. The highest BCUT2D eigenvalue weighted by Gasteiger charge is 2.46. The van der Waals surface area contributed by atoms with E-state index in [1.807, 2.05) is 61.5 Å². The first kappa shape index (κ1) is 27.9. The molecule has 9 heteroatoms. The molecular weight excluding hydrogens is 574 g/mol. The summed E-state index contributed by atoms with van der Waals surface area (Å²) < 4.78 is 24.3. The minimum absolute atomic E-state index is 0.312. The van der Waals surface area contributed by atoms with Crippen LogP contribution in [0.3, 0.4) is 0 Å². The van der Waals surface area contributed by atoms with Crippen molar-refractivity contribution in [3.63, 3.8) is 0 Å². The van der Waals surface area contributed by atoms with Gasteiger partial charge in [0.05, 0.1) is 33.5 Å². The summed E-state index contributed by atoms with van der Waals surface area (Å²) >= 11 is 3.60. The zero-order chi connectivity index (χ0) is 28.4. The summed E-state index contributed by atoms with van der Waals surface area (Å²) in [4.78, 5) is 11.1. The molecule has 0 radical (unpaired) electrons. The molecule has 0 aliphatic carbocycles. The third-order valence-corrected chi connectivity index (χ3v) is 7.76. The van der Waals surface area contributed by atoms with Crippen molar-refractivity contribution >= 4 is 37.7 Å². The Bertz CT molecular complexity index is 1650. The average Bonchev–Trinajstić information content (AvgIpc) is 3.44. The quantitative estimate of drug-likeness (QED) is 0.203. The molecule has 5 rings (SSSR count). The minimum atomic E-state index is -1.58. The van der Waals surface area contributed by atoms with Crippen molar-refractivity contribution < 1.29 is 23.7 Å². The Morgan fingerprint density at radius 1 is 0.900 bits per heavy atom. The number of methoxy groups -OCH3 is 3. The van der Waals surface area contributed by atoms with Gasteiger partial charge in [0.1, 0.15) is 17.0 Å². The second-order valence-corrected chi connectivity index (χ2v) is 10.9. The van der Waals surface area contributed by atoms with E-state index in [1.165, 1.54) is 0 Å². The van der Waals surface area contributed by atoms with Crippen LogP contribution in [-0.2, 0) is 5.60 Å². The van der Waals surface area contributed by atoms with Gasteiger partial charge < -0.3 is 28.6 Å². The molecular formula is C31H32BrN3O5. The number of furan rings is 1. The lowest BCUT2D eigenvalue weighted by atomic mass is 9.72. The number of hydrogen-bond donors (Lipinski definition) is 1. The number of fused-ring (bicyclic) bond motifs is 2. The van der Waals surface area contributed by atoms with Crippen LogP contribution in [0.5, 0.6) is 17.4 Å². The molecule has 2 aromatic carbocycles. The van der Waals surface area contributed by atoms with Crippen LogP contribution in [0.15, 0.2) is 76.1 Å². The Morgan fingerprint density at radius 3 is 2.42 bits per heavy atom. The fraction of sp³-hybridized carbons (Fsp3) is 0.290. The Balaban J connectivity index is 1.90. The predicted molar refractivity (Wildman–Crippen MR) is 158 cm³/mol. The number of ether oxygens (including phenoxy) is 3. The van der Waals surface area contributed by atoms with Gasteiger partial charge in [-0.25, -0.2) is 4.98 Å². The number of aliphatic hydroxyl groups is 1. The monoisotopic (exact) mass is 605 g/mol. The summed E-state index contributed by atoms with van der Waals surface area (Å²) in [6.45, 7) is 0.567. The van der Waals surface area contributed by atoms with Gasteiger partial charge in [0.2, 0.25) is 0 Å². The number of rotatable bonds is 10. The summed E-state index contributed by atoms with van der Waals surface area (Å²) in [6, 6.07) is 15.7. The average molecular weight is 607 g/mol. The minimum Gasteiger partial charge on any atom is -0.496 e. The lowest BCUT2D eigenvalue weighted by Crippen LogP contribution is -2.39. The largest absolute Gasteiger partial charge is 0.496 e. The predicted octanol–water partition coefficient (Wildman–Crippen LogP) is 6.14. The highest BCUT2D eigenvalue weighted by atomic mass is 79.9. The first-order chi connectivity index (χ1) is 19.3. The molecule has 0 aliphatic rings. The molecule has 3 heterocycles. The second-order valence-electron chi connectivity index (χ2n) is 9.94. The van der Waals surface area contributed by atoms with E-state index in [0.29, 0.717) is 47.2 Å². The van der Waals surface area contributed by atoms with Crippen LogP contribution in [0, 0.1) is 0 Å². The van der Waals surface area contributed by atoms with E-state index in [9.17, 15) is 5.11 Å². The number of hydrogen-bond acceptors (Lipinski definition) is 8. The van der Waals surface area contributed by atoms with Crippen LogP contribution in [-0.4, -0.2) is 61.9 Å². The van der Waals surface area contributed by atoms with Gasteiger partial charge in [-0.3, -0.25) is 4.98 Å². The van der Waals surface area contributed by atoms with Gasteiger partial charge >= 0.3 is 0 Å². The lowest BCUT2D eigenvalue weighted by Gasteiger charge is -2.38. The summed E-state index contributed by atoms with van der Waals surface area (Å²) in [7, 11) is 8.69. The van der Waals surface area contributed by atoms with Crippen LogP contribution in [0.25, 0.3) is 21.7 Å². The van der Waals surface area contributed by atoms with Gasteiger partial charge in [-0.1, -0.05) is 22.0 Å². The van der Waals surface area contributed by atoms with Crippen LogP contribution >= 0.6 is 15.9 Å². The highest BCUT2D eigenvalue weighted by Crippen LogP contribution is 2.52. The van der Waals surface area contributed by atoms with Crippen molar-refractivity contribution in [1.29, 1.82) is 0 Å². The molecule has 2 atom stereocenters. The van der Waals surface area contributed by atoms with Crippen molar-refractivity contribution in [2.75, 3.05) is 42.0 Å². The number of pyridine rings is 2. The van der Waals surface area contributed by atoms with Gasteiger partial charge in [-0.05, 0) is 73.8 Å². The van der Waals surface area contributed by atoms with Gasteiger partial charge in [0, 0.05) is 39.9 Å². The van der Waals surface area contributed by atoms with Crippen molar-refractivity contribution in [3.05, 3.63) is 88.5 Å². The molecule has 5 aromatic rings. The first-order valence-corrected chi connectivity index (χ1v) is 13.6. The van der Waals surface area contributed by atoms with Gasteiger partial charge in [0.25, 0.3) is 5.88 Å². The maximum atomic E-state index is 13.1. The molecule has 8 nitrogen and oxygen atoms in total. The zero-order valence-electron chi connectivity index (χ0n) is 23.1. The van der Waals surface area contributed by atoms with E-state index in [0.717, 1.165) is 26.2 Å². The Morgan fingerprint density at radius 2 is 1.70 bits per heavy atom. The molecule has 1 N–H and O–H groups in total. The molecule has 0 aliphatic heterocycles. The fourth-order valence-electron chi connectivity index (χ4n) is 5.37. The maximum Gasteiger partial charge on any atom is 0.257 e. The van der Waals surface area contributed by atoms with E-state index in [1.54, 1.807) is 40.0 Å². The topological polar surface area (TPSA) is 90.1 Å². The van der Waals surface area contributed by atoms with E-state index in [2.05, 4.69) is 27.0 Å². The SMILES string of the molecule is COc1cc2ccc(Br)cc2cc1[C@@H](c1ccnc(OC)c1OC)[C@@](O)(CCN(C)C)c1nccc2ccoc12. The van der Waals surface area contributed by atoms with Crippen molar-refractivity contribution in [3.8, 4) is 17.4 Å². The van der Waals surface area contributed by atoms with Gasteiger partial charge in [0.15, 0.2) is 11.3 Å². The Labute approximate surface area is 241 Å². The summed E-state index contributed by atoms with van der Waals surface area (Å²) in [6.07, 6.45) is 5.29. The Kier molecular flexibility index (Phi) is 7.98. The molecule has 40 heavy (non-hydrogen) atoms. The van der Waals surface area contributed by atoms with Gasteiger partial charge in [-0.15, -0.1) is 0 Å². The zero-order valence-corrected chi connectivity index (χ0v) is 24.7. The van der Waals surface area contributed by atoms with Crippen molar-refractivity contribution in [1.82, 2.24) is 14.9 Å². The van der Waals surface area contributed by atoms with Crippen LogP contribution in [0.2, 0.25) is 0 Å². The number of aromatic nitrogens is 2. The summed E-state index contributed by atoms with van der Waals surface area (Å²) in [5.41, 5.74) is 0.807. The standard InChI is InChI=1S/C31H32BrN3O5/c1-35(2)14-11-31(36,29-27-19(8-12-33-29)10-15-40-27)26(23-9-13-34-30(39-5)28(23)38-4)24-17-21-16-22(32)7-6-20(21)18-25(24)37-3/h6-10,12-13,15-18,26,36H,11,14H2,1-5H3/t26-,31+/m1/s1. The maximum absolute atomic E-state index is 13.1. The third-order valence-electron chi connectivity index (χ3n) is 7.27. The number of benzene rings is 2. The van der Waals surface area contributed by atoms with Crippen LogP contribution in [0.4, 0.5) is 0 Å². The summed E-state index contributed by atoms with van der Waals surface area (Å²) in [5.74, 6) is 0.626. The van der Waals surface area contributed by atoms with E-state index in [-0.39, 0.29) is 0 Å². The van der Waals surface area contributed by atoms with Gasteiger partial charge in [-0.2, -0.15) is 0 Å². The molecule has 3 aromatic heterocycles. The smallest absolute Gasteiger partial charge is 0.257 e. The second kappa shape index (κ2) is 11.4. The molecule has 0 bridgehead atoms. The van der Waals surface area contributed by atoms with Crippen LogP contribution < -0.4 is 14.2 Å². The number of halogens is 1. The molecule has 0 unspecified atom stereocenters. The molecule has 208 valence electrons. The summed E-state index contributed by atoms with van der Waals surface area (Å²) in [5, 5.41) is 15.9.